The molecule has 1 fully saturated rings. The van der Waals surface area contributed by atoms with E-state index < -0.39 is 10.0 Å². The molecule has 2 rings (SSSR count). The smallest absolute Gasteiger partial charge is 0.244 e. The molecular weight excluding hydrogens is 356 g/mol. The van der Waals surface area contributed by atoms with E-state index in [1.807, 2.05) is 6.92 Å². The Labute approximate surface area is 134 Å². The first-order valence-electron chi connectivity index (χ1n) is 7.28. The molecule has 7 heteroatoms. The number of benzene rings is 1. The van der Waals surface area contributed by atoms with Crippen LogP contribution in [0.1, 0.15) is 19.8 Å². The molecule has 0 unspecified atom stereocenters. The minimum Gasteiger partial charge on any atom is -0.492 e. The molecule has 0 atom stereocenters. The lowest BCUT2D eigenvalue weighted by molar-refractivity contribution is -0.886. The molecule has 1 aliphatic rings. The Kier molecular flexibility index (Phi) is 6.04. The zero-order valence-electron chi connectivity index (χ0n) is 12.2. The number of hydrogen-bond acceptors (Lipinski definition) is 3. The van der Waals surface area contributed by atoms with E-state index in [1.54, 1.807) is 18.2 Å². The third-order valence-corrected chi connectivity index (χ3v) is 5.55. The number of quaternary nitrogens is 1. The number of rotatable bonds is 7. The second-order valence-electron chi connectivity index (χ2n) is 5.13. The van der Waals surface area contributed by atoms with Crippen molar-refractivity contribution in [3.63, 3.8) is 0 Å². The predicted octanol–water partition coefficient (Wildman–Crippen LogP) is 0.805. The SMILES string of the molecule is CCOc1ccc(Br)cc1S(=O)(=O)NCC[NH+]1CCCC1. The fourth-order valence-electron chi connectivity index (χ4n) is 2.53. The summed E-state index contributed by atoms with van der Waals surface area (Å²) in [5.74, 6) is 0.390. The van der Waals surface area contributed by atoms with Gasteiger partial charge in [0.2, 0.25) is 10.0 Å². The molecule has 0 saturated carbocycles. The summed E-state index contributed by atoms with van der Waals surface area (Å²) in [6.07, 6.45) is 2.48. The Morgan fingerprint density at radius 2 is 2.05 bits per heavy atom. The third-order valence-electron chi connectivity index (χ3n) is 3.58. The number of ether oxygens (including phenoxy) is 1. The van der Waals surface area contributed by atoms with Gasteiger partial charge in [-0.05, 0) is 25.1 Å². The zero-order chi connectivity index (χ0) is 15.3. The van der Waals surface area contributed by atoms with Crippen LogP contribution in [0.15, 0.2) is 27.6 Å². The first-order chi connectivity index (χ1) is 10.0. The van der Waals surface area contributed by atoms with Crippen molar-refractivity contribution in [2.45, 2.75) is 24.7 Å². The highest BCUT2D eigenvalue weighted by molar-refractivity contribution is 9.10. The van der Waals surface area contributed by atoms with Crippen LogP contribution in [-0.2, 0) is 10.0 Å². The molecule has 0 spiro atoms. The van der Waals surface area contributed by atoms with E-state index in [1.165, 1.54) is 17.7 Å². The largest absolute Gasteiger partial charge is 0.492 e. The summed E-state index contributed by atoms with van der Waals surface area (Å²) in [6, 6.07) is 5.03. The second kappa shape index (κ2) is 7.58. The van der Waals surface area contributed by atoms with Crippen LogP contribution in [0, 0.1) is 0 Å². The Hall–Kier alpha value is -0.630. The van der Waals surface area contributed by atoms with E-state index in [-0.39, 0.29) is 4.90 Å². The second-order valence-corrected chi connectivity index (χ2v) is 7.78. The fourth-order valence-corrected chi connectivity index (χ4v) is 4.24. The van der Waals surface area contributed by atoms with Crippen molar-refractivity contribution >= 4 is 26.0 Å². The lowest BCUT2D eigenvalue weighted by atomic mass is 10.3. The first-order valence-corrected chi connectivity index (χ1v) is 9.56. The van der Waals surface area contributed by atoms with Gasteiger partial charge in [-0.2, -0.15) is 0 Å². The highest BCUT2D eigenvalue weighted by Gasteiger charge is 2.21. The van der Waals surface area contributed by atoms with Crippen LogP contribution in [0.5, 0.6) is 5.75 Å². The summed E-state index contributed by atoms with van der Waals surface area (Å²) in [4.78, 5) is 1.66. The summed E-state index contributed by atoms with van der Waals surface area (Å²) in [5, 5.41) is 0. The minimum atomic E-state index is -3.55. The summed E-state index contributed by atoms with van der Waals surface area (Å²) in [7, 11) is -3.55. The van der Waals surface area contributed by atoms with Gasteiger partial charge in [0.05, 0.1) is 32.8 Å². The summed E-state index contributed by atoms with van der Waals surface area (Å²) in [5.41, 5.74) is 0. The van der Waals surface area contributed by atoms with Crippen LogP contribution in [0.4, 0.5) is 0 Å². The van der Waals surface area contributed by atoms with Crippen molar-refractivity contribution < 1.29 is 18.1 Å². The highest BCUT2D eigenvalue weighted by Crippen LogP contribution is 2.27. The van der Waals surface area contributed by atoms with E-state index in [4.69, 9.17) is 4.74 Å². The van der Waals surface area contributed by atoms with Crippen molar-refractivity contribution in [1.29, 1.82) is 0 Å². The van der Waals surface area contributed by atoms with Gasteiger partial charge < -0.3 is 9.64 Å². The maximum atomic E-state index is 12.4. The highest BCUT2D eigenvalue weighted by atomic mass is 79.9. The van der Waals surface area contributed by atoms with E-state index in [0.717, 1.165) is 24.1 Å². The van der Waals surface area contributed by atoms with Crippen LogP contribution in [0.2, 0.25) is 0 Å². The molecule has 118 valence electrons. The van der Waals surface area contributed by atoms with Gasteiger partial charge >= 0.3 is 0 Å². The summed E-state index contributed by atoms with van der Waals surface area (Å²) in [6.45, 7) is 5.84. The molecule has 0 amide bonds. The Morgan fingerprint density at radius 3 is 2.71 bits per heavy atom. The van der Waals surface area contributed by atoms with Crippen LogP contribution < -0.4 is 14.4 Å². The molecule has 1 saturated heterocycles. The van der Waals surface area contributed by atoms with Gasteiger partial charge in [0.15, 0.2) is 0 Å². The van der Waals surface area contributed by atoms with Crippen molar-refractivity contribution in [1.82, 2.24) is 4.72 Å². The molecule has 1 aliphatic heterocycles. The predicted molar refractivity (Wildman–Crippen MR) is 85.3 cm³/mol. The molecule has 2 N–H and O–H groups in total. The topological polar surface area (TPSA) is 59.8 Å². The molecular formula is C14H22BrN2O3S+. The molecule has 0 bridgehead atoms. The molecule has 5 nitrogen and oxygen atoms in total. The molecule has 1 aromatic carbocycles. The molecule has 21 heavy (non-hydrogen) atoms. The van der Waals surface area contributed by atoms with Gasteiger partial charge in [0, 0.05) is 17.3 Å². The lowest BCUT2D eigenvalue weighted by Crippen LogP contribution is -3.10. The molecule has 0 radical (unpaired) electrons. The number of nitrogens with one attached hydrogen (secondary N) is 2. The maximum Gasteiger partial charge on any atom is 0.244 e. The summed E-state index contributed by atoms with van der Waals surface area (Å²) >= 11 is 3.31. The molecule has 0 aromatic heterocycles. The minimum absolute atomic E-state index is 0.190. The Bertz CT molecular complexity index is 572. The van der Waals surface area contributed by atoms with E-state index in [9.17, 15) is 8.42 Å². The first kappa shape index (κ1) is 16.7. The van der Waals surface area contributed by atoms with Crippen LogP contribution >= 0.6 is 15.9 Å². The maximum absolute atomic E-state index is 12.4. The number of likely N-dealkylation sites (tertiary alicyclic amines) is 1. The van der Waals surface area contributed by atoms with Gasteiger partial charge in [-0.25, -0.2) is 13.1 Å². The summed E-state index contributed by atoms with van der Waals surface area (Å²) < 4.78 is 33.7. The van der Waals surface area contributed by atoms with Gasteiger partial charge in [0.1, 0.15) is 10.6 Å². The van der Waals surface area contributed by atoms with Gasteiger partial charge in [-0.1, -0.05) is 15.9 Å². The standard InChI is InChI=1S/C14H21BrN2O3S/c1-2-20-13-6-5-12(15)11-14(13)21(18,19)16-7-10-17-8-3-4-9-17/h5-6,11,16H,2-4,7-10H2,1H3/p+1. The number of hydrogen-bond donors (Lipinski definition) is 2. The number of halogens is 1. The Balaban J connectivity index is 2.05. The Morgan fingerprint density at radius 1 is 1.33 bits per heavy atom. The van der Waals surface area contributed by atoms with E-state index in [2.05, 4.69) is 20.7 Å². The van der Waals surface area contributed by atoms with Crippen LogP contribution in [0.3, 0.4) is 0 Å². The zero-order valence-corrected chi connectivity index (χ0v) is 14.6. The average Bonchev–Trinajstić information content (AvgIpc) is 2.94. The quantitative estimate of drug-likeness (QED) is 0.738. The third kappa shape index (κ3) is 4.67. The number of sulfonamides is 1. The van der Waals surface area contributed by atoms with Crippen LogP contribution in [0.25, 0.3) is 0 Å². The van der Waals surface area contributed by atoms with Crippen molar-refractivity contribution in [3.8, 4) is 5.75 Å². The molecule has 0 aliphatic carbocycles. The van der Waals surface area contributed by atoms with Gasteiger partial charge in [0.25, 0.3) is 0 Å². The molecule has 1 aromatic rings. The van der Waals surface area contributed by atoms with E-state index in [0.29, 0.717) is 18.9 Å². The van der Waals surface area contributed by atoms with E-state index >= 15 is 0 Å². The average molecular weight is 378 g/mol. The van der Waals surface area contributed by atoms with Crippen molar-refractivity contribution in [2.24, 2.45) is 0 Å². The van der Waals surface area contributed by atoms with Gasteiger partial charge in [-0.15, -0.1) is 0 Å². The van der Waals surface area contributed by atoms with Crippen LogP contribution in [-0.4, -0.2) is 41.2 Å². The fraction of sp³-hybridized carbons (Fsp3) is 0.571. The molecule has 1 heterocycles. The van der Waals surface area contributed by atoms with Crippen molar-refractivity contribution in [2.75, 3.05) is 32.8 Å². The van der Waals surface area contributed by atoms with Gasteiger partial charge in [-0.3, -0.25) is 0 Å². The normalized spacial score (nSPS) is 16.3. The lowest BCUT2D eigenvalue weighted by Gasteiger charge is -2.14. The van der Waals surface area contributed by atoms with Crippen molar-refractivity contribution in [3.05, 3.63) is 22.7 Å². The monoisotopic (exact) mass is 377 g/mol.